The Hall–Kier alpha value is -3.03. The molecule has 3 rings (SSSR count). The highest BCUT2D eigenvalue weighted by Crippen LogP contribution is 2.19. The van der Waals surface area contributed by atoms with Crippen LogP contribution in [0.15, 0.2) is 23.0 Å². The third kappa shape index (κ3) is 4.27. The first-order chi connectivity index (χ1) is 14.2. The van der Waals surface area contributed by atoms with Crippen LogP contribution in [0.25, 0.3) is 0 Å². The van der Waals surface area contributed by atoms with Gasteiger partial charge in [0.2, 0.25) is 5.91 Å². The largest absolute Gasteiger partial charge is 0.337 e. The fraction of sp³-hybridized carbons (Fsp3) is 0.455. The molecule has 0 aliphatic carbocycles. The van der Waals surface area contributed by atoms with Crippen molar-refractivity contribution in [3.8, 4) is 0 Å². The molecule has 2 aromatic rings. The maximum Gasteiger partial charge on any atom is 0.267 e. The topological polar surface area (TPSA) is 86.4 Å². The van der Waals surface area contributed by atoms with Crippen LogP contribution in [-0.4, -0.2) is 57.5 Å². The van der Waals surface area contributed by atoms with Crippen LogP contribution in [0.1, 0.15) is 53.0 Å². The van der Waals surface area contributed by atoms with Crippen molar-refractivity contribution in [1.82, 2.24) is 20.0 Å². The van der Waals surface area contributed by atoms with Gasteiger partial charge in [0.15, 0.2) is 0 Å². The summed E-state index contributed by atoms with van der Waals surface area (Å²) in [5, 5.41) is 6.54. The first kappa shape index (κ1) is 21.7. The average molecular weight is 414 g/mol. The van der Waals surface area contributed by atoms with Gasteiger partial charge in [0.05, 0.1) is 11.3 Å². The van der Waals surface area contributed by atoms with Crippen LogP contribution in [0.4, 0.5) is 4.39 Å². The van der Waals surface area contributed by atoms with Gasteiger partial charge in [0, 0.05) is 31.1 Å². The zero-order valence-electron chi connectivity index (χ0n) is 17.8. The number of rotatable bonds is 5. The second kappa shape index (κ2) is 8.77. The summed E-state index contributed by atoms with van der Waals surface area (Å²) in [5.74, 6) is -1.24. The van der Waals surface area contributed by atoms with E-state index in [9.17, 15) is 18.8 Å². The molecule has 1 aliphatic rings. The average Bonchev–Trinajstić information content (AvgIpc) is 2.74. The lowest BCUT2D eigenvalue weighted by molar-refractivity contribution is -0.137. The van der Waals surface area contributed by atoms with Gasteiger partial charge in [-0.15, -0.1) is 0 Å². The Labute approximate surface area is 174 Å². The van der Waals surface area contributed by atoms with E-state index in [1.807, 2.05) is 20.8 Å². The van der Waals surface area contributed by atoms with Crippen molar-refractivity contribution < 1.29 is 14.0 Å². The molecule has 30 heavy (non-hydrogen) atoms. The summed E-state index contributed by atoms with van der Waals surface area (Å²) in [4.78, 5) is 40.2. The summed E-state index contributed by atoms with van der Waals surface area (Å²) in [5.41, 5.74) is 2.41. The van der Waals surface area contributed by atoms with Crippen LogP contribution in [0.5, 0.6) is 0 Å². The fourth-order valence-electron chi connectivity index (χ4n) is 3.60. The number of aromatic amines is 1. The number of carbonyl (C=O) groups excluding carboxylic acids is 2. The molecule has 2 heterocycles. The van der Waals surface area contributed by atoms with Gasteiger partial charge in [-0.2, -0.15) is 5.10 Å². The summed E-state index contributed by atoms with van der Waals surface area (Å²) >= 11 is 0. The van der Waals surface area contributed by atoms with E-state index in [1.165, 1.54) is 17.0 Å². The minimum atomic E-state index is -0.622. The van der Waals surface area contributed by atoms with Gasteiger partial charge < -0.3 is 9.80 Å². The van der Waals surface area contributed by atoms with E-state index in [2.05, 4.69) is 10.2 Å². The molecule has 0 unspecified atom stereocenters. The molecule has 0 radical (unpaired) electrons. The number of nitrogens with one attached hydrogen (secondary N) is 1. The number of benzene rings is 1. The summed E-state index contributed by atoms with van der Waals surface area (Å²) in [6.45, 7) is 8.29. The van der Waals surface area contributed by atoms with E-state index in [-0.39, 0.29) is 29.6 Å². The number of amides is 2. The number of aromatic nitrogens is 2. The minimum absolute atomic E-state index is 0.0490. The number of nitrogens with zero attached hydrogens (tertiary/aromatic N) is 3. The van der Waals surface area contributed by atoms with Gasteiger partial charge in [-0.1, -0.05) is 13.0 Å². The molecule has 0 bridgehead atoms. The standard InChI is InChI=1S/C22H27FN4O3/c1-5-13(2)27-9-8-26(12-20(27)28)22(30)17-10-16(6-7-18(17)23)11-19-14(3)15(4)21(29)25-24-19/h6-7,10,13H,5,8-9,11-12H2,1-4H3,(H,25,29)/t13-/m1/s1. The molecular weight excluding hydrogens is 387 g/mol. The summed E-state index contributed by atoms with van der Waals surface area (Å²) in [6.07, 6.45) is 1.19. The van der Waals surface area contributed by atoms with E-state index >= 15 is 0 Å². The molecule has 7 nitrogen and oxygen atoms in total. The van der Waals surface area contributed by atoms with Crippen molar-refractivity contribution >= 4 is 11.8 Å². The molecule has 2 amide bonds. The molecule has 1 atom stereocenters. The monoisotopic (exact) mass is 414 g/mol. The lowest BCUT2D eigenvalue weighted by atomic mass is 10.0. The van der Waals surface area contributed by atoms with Crippen LogP contribution in [0.2, 0.25) is 0 Å². The second-order valence-corrected chi connectivity index (χ2v) is 7.81. The van der Waals surface area contributed by atoms with Crippen molar-refractivity contribution in [2.24, 2.45) is 0 Å². The molecule has 0 spiro atoms. The first-order valence-corrected chi connectivity index (χ1v) is 10.1. The molecule has 160 valence electrons. The highest BCUT2D eigenvalue weighted by Gasteiger charge is 2.30. The number of hydrogen-bond acceptors (Lipinski definition) is 4. The van der Waals surface area contributed by atoms with Gasteiger partial charge in [0.25, 0.3) is 11.5 Å². The fourth-order valence-corrected chi connectivity index (χ4v) is 3.60. The predicted octanol–water partition coefficient (Wildman–Crippen LogP) is 2.20. The van der Waals surface area contributed by atoms with Crippen molar-refractivity contribution in [3.63, 3.8) is 0 Å². The smallest absolute Gasteiger partial charge is 0.267 e. The highest BCUT2D eigenvalue weighted by molar-refractivity contribution is 5.97. The van der Waals surface area contributed by atoms with Crippen molar-refractivity contribution in [2.75, 3.05) is 19.6 Å². The predicted molar refractivity (Wildman–Crippen MR) is 111 cm³/mol. The van der Waals surface area contributed by atoms with Gasteiger partial charge in [-0.25, -0.2) is 9.49 Å². The number of H-pyrrole nitrogens is 1. The third-order valence-electron chi connectivity index (χ3n) is 5.93. The zero-order valence-corrected chi connectivity index (χ0v) is 17.8. The van der Waals surface area contributed by atoms with E-state index < -0.39 is 11.7 Å². The second-order valence-electron chi connectivity index (χ2n) is 7.81. The Morgan fingerprint density at radius 3 is 2.63 bits per heavy atom. The number of halogens is 1. The van der Waals surface area contributed by atoms with Crippen LogP contribution < -0.4 is 5.56 Å². The van der Waals surface area contributed by atoms with Crippen molar-refractivity contribution in [2.45, 2.75) is 46.6 Å². The molecule has 1 aromatic heterocycles. The zero-order chi connectivity index (χ0) is 22.0. The summed E-state index contributed by atoms with van der Waals surface area (Å²) in [7, 11) is 0. The number of hydrogen-bond donors (Lipinski definition) is 1. The van der Waals surface area contributed by atoms with E-state index in [0.29, 0.717) is 36.3 Å². The molecule has 0 saturated carbocycles. The molecule has 1 N–H and O–H groups in total. The molecule has 1 fully saturated rings. The summed E-state index contributed by atoms with van der Waals surface area (Å²) < 4.78 is 14.5. The van der Waals surface area contributed by atoms with Gasteiger partial charge in [-0.3, -0.25) is 14.4 Å². The van der Waals surface area contributed by atoms with Crippen molar-refractivity contribution in [3.05, 3.63) is 62.3 Å². The maximum absolute atomic E-state index is 14.5. The normalized spacial score (nSPS) is 15.4. The highest BCUT2D eigenvalue weighted by atomic mass is 19.1. The number of carbonyl (C=O) groups is 2. The van der Waals surface area contributed by atoms with Crippen molar-refractivity contribution in [1.29, 1.82) is 0 Å². The third-order valence-corrected chi connectivity index (χ3v) is 5.93. The van der Waals surface area contributed by atoms with Crippen LogP contribution >= 0.6 is 0 Å². The number of piperazine rings is 1. The van der Waals surface area contributed by atoms with Gasteiger partial charge in [-0.05, 0) is 50.5 Å². The Bertz CT molecular complexity index is 1030. The lowest BCUT2D eigenvalue weighted by Crippen LogP contribution is -2.54. The Balaban J connectivity index is 1.80. The van der Waals surface area contributed by atoms with Gasteiger partial charge >= 0.3 is 0 Å². The quantitative estimate of drug-likeness (QED) is 0.813. The van der Waals surface area contributed by atoms with E-state index in [1.54, 1.807) is 17.9 Å². The molecule has 1 aromatic carbocycles. The first-order valence-electron chi connectivity index (χ1n) is 10.1. The SMILES string of the molecule is CC[C@@H](C)N1CCN(C(=O)c2cc(Cc3n[nH]c(=O)c(C)c3C)ccc2F)CC1=O. The Morgan fingerprint density at radius 2 is 1.97 bits per heavy atom. The lowest BCUT2D eigenvalue weighted by Gasteiger charge is -2.37. The Kier molecular flexibility index (Phi) is 6.34. The minimum Gasteiger partial charge on any atom is -0.337 e. The van der Waals surface area contributed by atoms with Crippen LogP contribution in [-0.2, 0) is 11.2 Å². The molecular formula is C22H27FN4O3. The van der Waals surface area contributed by atoms with Gasteiger partial charge in [0.1, 0.15) is 12.4 Å². The summed E-state index contributed by atoms with van der Waals surface area (Å²) in [6, 6.07) is 4.48. The van der Waals surface area contributed by atoms with E-state index in [0.717, 1.165) is 12.0 Å². The van der Waals surface area contributed by atoms with Crippen LogP contribution in [0.3, 0.4) is 0 Å². The molecule has 1 saturated heterocycles. The van der Waals surface area contributed by atoms with Crippen LogP contribution in [0, 0.1) is 19.7 Å². The molecule has 8 heteroatoms. The maximum atomic E-state index is 14.5. The molecule has 1 aliphatic heterocycles. The van der Waals surface area contributed by atoms with E-state index in [4.69, 9.17) is 0 Å². The Morgan fingerprint density at radius 1 is 1.23 bits per heavy atom.